The van der Waals surface area contributed by atoms with E-state index in [0.29, 0.717) is 12.4 Å². The zero-order valence-electron chi connectivity index (χ0n) is 15.9. The van der Waals surface area contributed by atoms with Crippen molar-refractivity contribution in [1.82, 2.24) is 14.8 Å². The van der Waals surface area contributed by atoms with Gasteiger partial charge in [-0.1, -0.05) is 42.5 Å². The molecule has 1 aromatic heterocycles. The summed E-state index contributed by atoms with van der Waals surface area (Å²) < 4.78 is 12.2. The smallest absolute Gasteiger partial charge is 0.255 e. The Kier molecular flexibility index (Phi) is 5.08. The van der Waals surface area contributed by atoms with Crippen LogP contribution in [0.4, 0.5) is 5.95 Å². The van der Waals surface area contributed by atoms with Crippen molar-refractivity contribution in [3.05, 3.63) is 72.1 Å². The number of fused-ring (bicyclic) bond motifs is 1. The van der Waals surface area contributed by atoms with Crippen molar-refractivity contribution in [1.29, 1.82) is 0 Å². The van der Waals surface area contributed by atoms with Crippen LogP contribution in [0.5, 0.6) is 5.75 Å². The summed E-state index contributed by atoms with van der Waals surface area (Å²) in [7, 11) is 3.15. The zero-order valence-corrected chi connectivity index (χ0v) is 15.9. The highest BCUT2D eigenvalue weighted by Crippen LogP contribution is 2.41. The molecule has 3 aromatic rings. The van der Waals surface area contributed by atoms with E-state index in [1.54, 1.807) is 12.0 Å². The number of carbonyl (C=O) groups excluding carboxylic acids is 1. The fourth-order valence-electron chi connectivity index (χ4n) is 3.73. The first-order valence-electron chi connectivity index (χ1n) is 9.12. The molecule has 0 bridgehead atoms. The van der Waals surface area contributed by atoms with Gasteiger partial charge in [-0.25, -0.2) is 4.68 Å². The van der Waals surface area contributed by atoms with Gasteiger partial charge in [0.05, 0.1) is 19.2 Å². The Bertz CT molecular complexity index is 940. The minimum atomic E-state index is -0.185. The third kappa shape index (κ3) is 3.25. The van der Waals surface area contributed by atoms with Gasteiger partial charge in [-0.05, 0) is 29.7 Å². The van der Waals surface area contributed by atoms with Crippen LogP contribution < -0.4 is 9.64 Å². The number of amides is 1. The molecule has 0 saturated carbocycles. The minimum Gasteiger partial charge on any atom is -0.497 e. The molecule has 0 fully saturated rings. The second kappa shape index (κ2) is 7.82. The molecule has 2 atom stereocenters. The van der Waals surface area contributed by atoms with E-state index in [4.69, 9.17) is 9.47 Å². The van der Waals surface area contributed by atoms with Crippen molar-refractivity contribution in [2.24, 2.45) is 0 Å². The van der Waals surface area contributed by atoms with Gasteiger partial charge < -0.3 is 9.47 Å². The summed E-state index contributed by atoms with van der Waals surface area (Å²) in [5.41, 5.74) is 2.15. The lowest BCUT2D eigenvalue weighted by Crippen LogP contribution is -2.44. The number of carbonyl (C=O) groups is 1. The topological polar surface area (TPSA) is 69.5 Å². The van der Waals surface area contributed by atoms with Gasteiger partial charge >= 0.3 is 0 Å². The molecule has 28 heavy (non-hydrogen) atoms. The zero-order chi connectivity index (χ0) is 19.5. The van der Waals surface area contributed by atoms with E-state index in [-0.39, 0.29) is 24.6 Å². The predicted octanol–water partition coefficient (Wildman–Crippen LogP) is 3.00. The van der Waals surface area contributed by atoms with E-state index in [1.165, 1.54) is 13.4 Å². The maximum atomic E-state index is 12.9. The van der Waals surface area contributed by atoms with Gasteiger partial charge in [-0.2, -0.15) is 10.1 Å². The maximum absolute atomic E-state index is 12.9. The predicted molar refractivity (Wildman–Crippen MR) is 104 cm³/mol. The Morgan fingerprint density at radius 3 is 2.43 bits per heavy atom. The fourth-order valence-corrected chi connectivity index (χ4v) is 3.73. The van der Waals surface area contributed by atoms with Crippen LogP contribution in [0.2, 0.25) is 0 Å². The second-order valence-corrected chi connectivity index (χ2v) is 6.65. The molecule has 1 aliphatic rings. The van der Waals surface area contributed by atoms with E-state index in [9.17, 15) is 4.79 Å². The Balaban J connectivity index is 1.80. The van der Waals surface area contributed by atoms with Gasteiger partial charge in [-0.3, -0.25) is 9.69 Å². The SMILES string of the molecule is COCC(=O)N1c2ncnn2[C@H](c2ccccc2)C[C@H]1c1ccc(OC)cc1. The molecule has 7 nitrogen and oxygen atoms in total. The summed E-state index contributed by atoms with van der Waals surface area (Å²) in [5.74, 6) is 1.16. The third-order valence-electron chi connectivity index (χ3n) is 5.04. The van der Waals surface area contributed by atoms with Crippen LogP contribution in [0.15, 0.2) is 60.9 Å². The van der Waals surface area contributed by atoms with E-state index in [0.717, 1.165) is 16.9 Å². The number of hydrogen-bond acceptors (Lipinski definition) is 5. The average molecular weight is 378 g/mol. The highest BCUT2D eigenvalue weighted by atomic mass is 16.5. The molecule has 0 N–H and O–H groups in total. The molecule has 7 heteroatoms. The summed E-state index contributed by atoms with van der Waals surface area (Å²) in [4.78, 5) is 19.0. The Morgan fingerprint density at radius 1 is 1.04 bits per heavy atom. The second-order valence-electron chi connectivity index (χ2n) is 6.65. The van der Waals surface area contributed by atoms with Gasteiger partial charge in [0.1, 0.15) is 18.7 Å². The van der Waals surface area contributed by atoms with Crippen molar-refractivity contribution < 1.29 is 14.3 Å². The first-order chi connectivity index (χ1) is 13.7. The van der Waals surface area contributed by atoms with Crippen molar-refractivity contribution in [2.75, 3.05) is 25.7 Å². The van der Waals surface area contributed by atoms with Gasteiger partial charge in [0.15, 0.2) is 0 Å². The van der Waals surface area contributed by atoms with Gasteiger partial charge in [0.25, 0.3) is 5.91 Å². The van der Waals surface area contributed by atoms with Crippen LogP contribution in [0.25, 0.3) is 0 Å². The summed E-state index contributed by atoms with van der Waals surface area (Å²) in [6.45, 7) is -0.0183. The molecular formula is C21H22N4O3. The normalized spacial score (nSPS) is 18.6. The minimum absolute atomic E-state index is 0.0163. The largest absolute Gasteiger partial charge is 0.497 e. The van der Waals surface area contributed by atoms with Crippen molar-refractivity contribution >= 4 is 11.9 Å². The monoisotopic (exact) mass is 378 g/mol. The van der Waals surface area contributed by atoms with Gasteiger partial charge in [0, 0.05) is 7.11 Å². The third-order valence-corrected chi connectivity index (χ3v) is 5.04. The molecule has 2 aromatic carbocycles. The number of nitrogens with zero attached hydrogens (tertiary/aromatic N) is 4. The van der Waals surface area contributed by atoms with Crippen LogP contribution in [-0.2, 0) is 9.53 Å². The summed E-state index contributed by atoms with van der Waals surface area (Å²) in [5, 5.41) is 4.41. The molecule has 0 radical (unpaired) electrons. The fraction of sp³-hybridized carbons (Fsp3) is 0.286. The van der Waals surface area contributed by atoms with Crippen LogP contribution in [0.3, 0.4) is 0 Å². The summed E-state index contributed by atoms with van der Waals surface area (Å²) >= 11 is 0. The Labute approximate surface area is 163 Å². The van der Waals surface area contributed by atoms with E-state index in [1.807, 2.05) is 47.1 Å². The summed E-state index contributed by atoms with van der Waals surface area (Å²) in [6.07, 6.45) is 2.18. The van der Waals surface area contributed by atoms with Crippen LogP contribution >= 0.6 is 0 Å². The molecule has 2 heterocycles. The van der Waals surface area contributed by atoms with E-state index in [2.05, 4.69) is 22.2 Å². The van der Waals surface area contributed by atoms with Crippen LogP contribution in [-0.4, -0.2) is 41.5 Å². The number of benzene rings is 2. The average Bonchev–Trinajstić information content (AvgIpc) is 3.23. The number of rotatable bonds is 5. The highest BCUT2D eigenvalue weighted by Gasteiger charge is 2.39. The quantitative estimate of drug-likeness (QED) is 0.683. The molecule has 0 aliphatic carbocycles. The highest BCUT2D eigenvalue weighted by molar-refractivity contribution is 5.93. The molecule has 144 valence electrons. The van der Waals surface area contributed by atoms with Crippen molar-refractivity contribution in [3.63, 3.8) is 0 Å². The lowest BCUT2D eigenvalue weighted by atomic mass is 9.92. The number of methoxy groups -OCH3 is 2. The molecular weight excluding hydrogens is 356 g/mol. The standard InChI is InChI=1S/C21H22N4O3/c1-27-13-20(26)24-18(16-8-10-17(28-2)11-9-16)12-19(15-6-4-3-5-7-15)25-21(24)22-14-23-25/h3-11,14,18-19H,12-13H2,1-2H3/t18-,19-/m0/s1. The molecule has 0 saturated heterocycles. The molecule has 0 unspecified atom stereocenters. The molecule has 4 rings (SSSR count). The molecule has 0 spiro atoms. The number of hydrogen-bond donors (Lipinski definition) is 0. The van der Waals surface area contributed by atoms with Crippen molar-refractivity contribution in [3.8, 4) is 5.75 Å². The van der Waals surface area contributed by atoms with Gasteiger partial charge in [0.2, 0.25) is 5.95 Å². The molecule has 1 amide bonds. The number of anilines is 1. The van der Waals surface area contributed by atoms with E-state index < -0.39 is 0 Å². The first-order valence-corrected chi connectivity index (χ1v) is 9.12. The van der Waals surface area contributed by atoms with Crippen molar-refractivity contribution in [2.45, 2.75) is 18.5 Å². The lowest BCUT2D eigenvalue weighted by Gasteiger charge is -2.39. The van der Waals surface area contributed by atoms with E-state index >= 15 is 0 Å². The Hall–Kier alpha value is -3.19. The summed E-state index contributed by atoms with van der Waals surface area (Å²) in [6, 6.07) is 17.8. The lowest BCUT2D eigenvalue weighted by molar-refractivity contribution is -0.123. The first kappa shape index (κ1) is 18.2. The number of ether oxygens (including phenoxy) is 2. The van der Waals surface area contributed by atoms with Gasteiger partial charge in [-0.15, -0.1) is 0 Å². The number of aromatic nitrogens is 3. The van der Waals surface area contributed by atoms with Crippen LogP contribution in [0, 0.1) is 0 Å². The maximum Gasteiger partial charge on any atom is 0.255 e. The molecule has 1 aliphatic heterocycles. The van der Waals surface area contributed by atoms with Crippen LogP contribution in [0.1, 0.15) is 29.6 Å². The Morgan fingerprint density at radius 2 is 1.75 bits per heavy atom.